The second-order valence-electron chi connectivity index (χ2n) is 1.54. The molecule has 0 fully saturated rings. The average molecular weight is 130 g/mol. The maximum atomic E-state index is 8.13. The Kier molecular flexibility index (Phi) is 4.39. The molecule has 0 aliphatic rings. The number of hydrogen-bond acceptors (Lipinski definition) is 1. The number of alkyl halides is 1. The van der Waals surface area contributed by atoms with E-state index in [1.54, 1.807) is 0 Å². The first-order valence-corrected chi connectivity index (χ1v) is 2.93. The fourth-order valence-electron chi connectivity index (χ4n) is 0.329. The molecule has 0 radical (unpaired) electrons. The van der Waals surface area contributed by atoms with Gasteiger partial charge in [-0.2, -0.15) is 5.26 Å². The molecule has 0 bridgehead atoms. The van der Waals surface area contributed by atoms with Crippen LogP contribution >= 0.6 is 11.6 Å². The molecule has 0 aromatic rings. The number of hydrogen-bond donors (Lipinski definition) is 0. The van der Waals surface area contributed by atoms with Crippen LogP contribution in [0.2, 0.25) is 0 Å². The van der Waals surface area contributed by atoms with Crippen LogP contribution in [-0.2, 0) is 0 Å². The van der Waals surface area contributed by atoms with Crippen LogP contribution in [0.4, 0.5) is 0 Å². The lowest BCUT2D eigenvalue weighted by Gasteiger charge is -1.85. The zero-order chi connectivity index (χ0) is 6.41. The minimum atomic E-state index is 0.493. The lowest BCUT2D eigenvalue weighted by Crippen LogP contribution is -1.72. The molecule has 0 amide bonds. The van der Waals surface area contributed by atoms with E-state index in [-0.39, 0.29) is 0 Å². The molecular weight excluding hydrogens is 122 g/mol. The monoisotopic (exact) mass is 129 g/mol. The number of nitriles is 1. The Morgan fingerprint density at radius 2 is 2.50 bits per heavy atom. The quantitative estimate of drug-likeness (QED) is 0.414. The van der Waals surface area contributed by atoms with Gasteiger partial charge in [-0.25, -0.2) is 0 Å². The summed E-state index contributed by atoms with van der Waals surface area (Å²) in [5, 5.41) is 8.13. The molecule has 0 atom stereocenters. The van der Waals surface area contributed by atoms with Crippen LogP contribution in [0.15, 0.2) is 11.6 Å². The van der Waals surface area contributed by atoms with E-state index in [1.807, 2.05) is 19.1 Å². The van der Waals surface area contributed by atoms with Gasteiger partial charge in [0.2, 0.25) is 0 Å². The Morgan fingerprint density at radius 3 is 2.88 bits per heavy atom. The van der Waals surface area contributed by atoms with Crippen LogP contribution < -0.4 is 0 Å². The maximum absolute atomic E-state index is 8.13. The van der Waals surface area contributed by atoms with Crippen LogP contribution in [0.25, 0.3) is 0 Å². The van der Waals surface area contributed by atoms with Gasteiger partial charge in [0.1, 0.15) is 0 Å². The minimum Gasteiger partial charge on any atom is -0.198 e. The molecule has 0 aliphatic carbocycles. The molecule has 0 N–H and O–H groups in total. The summed E-state index contributed by atoms with van der Waals surface area (Å²) in [4.78, 5) is 0. The number of rotatable bonds is 2. The highest BCUT2D eigenvalue weighted by molar-refractivity contribution is 6.18. The second-order valence-corrected chi connectivity index (χ2v) is 1.85. The Bertz CT molecular complexity index is 121. The number of halogens is 1. The topological polar surface area (TPSA) is 23.8 Å². The van der Waals surface area contributed by atoms with E-state index in [9.17, 15) is 0 Å². The zero-order valence-electron chi connectivity index (χ0n) is 4.82. The van der Waals surface area contributed by atoms with Gasteiger partial charge in [0.25, 0.3) is 0 Å². The smallest absolute Gasteiger partial charge is 0.0666 e. The maximum Gasteiger partial charge on any atom is 0.0666 e. The van der Waals surface area contributed by atoms with Crippen LogP contribution in [0.3, 0.4) is 0 Å². The van der Waals surface area contributed by atoms with E-state index in [0.29, 0.717) is 12.3 Å². The van der Waals surface area contributed by atoms with Crippen molar-refractivity contribution in [3.63, 3.8) is 0 Å². The fourth-order valence-corrected chi connectivity index (χ4v) is 0.592. The zero-order valence-corrected chi connectivity index (χ0v) is 5.57. The summed E-state index contributed by atoms with van der Waals surface area (Å²) in [6.07, 6.45) is 2.33. The Labute approximate surface area is 54.6 Å². The van der Waals surface area contributed by atoms with Gasteiger partial charge in [-0.15, -0.1) is 11.6 Å². The summed E-state index contributed by atoms with van der Waals surface area (Å²) in [6, 6.07) is 2.03. The van der Waals surface area contributed by atoms with Crippen molar-refractivity contribution < 1.29 is 0 Å². The van der Waals surface area contributed by atoms with Crippen molar-refractivity contribution in [1.29, 1.82) is 5.26 Å². The van der Waals surface area contributed by atoms with E-state index in [4.69, 9.17) is 16.9 Å². The van der Waals surface area contributed by atoms with Gasteiger partial charge in [-0.1, -0.05) is 11.6 Å². The third-order valence-corrected chi connectivity index (χ3v) is 0.938. The van der Waals surface area contributed by atoms with Gasteiger partial charge in [0, 0.05) is 5.88 Å². The number of allylic oxidation sites excluding steroid dienone is 2. The summed E-state index contributed by atoms with van der Waals surface area (Å²) in [5.74, 6) is 0.507. The molecule has 0 saturated carbocycles. The van der Waals surface area contributed by atoms with E-state index in [2.05, 4.69) is 0 Å². The van der Waals surface area contributed by atoms with Crippen molar-refractivity contribution in [2.24, 2.45) is 0 Å². The summed E-state index contributed by atoms with van der Waals surface area (Å²) in [5.41, 5.74) is 1.04. The van der Waals surface area contributed by atoms with Gasteiger partial charge in [0.15, 0.2) is 0 Å². The van der Waals surface area contributed by atoms with Crippen molar-refractivity contribution in [3.8, 4) is 6.07 Å². The van der Waals surface area contributed by atoms with Gasteiger partial charge in [-0.05, 0) is 6.92 Å². The van der Waals surface area contributed by atoms with E-state index in [0.717, 1.165) is 5.57 Å². The lowest BCUT2D eigenvalue weighted by atomic mass is 10.2. The molecule has 0 aromatic heterocycles. The molecule has 2 heteroatoms. The minimum absolute atomic E-state index is 0.493. The molecule has 0 spiro atoms. The van der Waals surface area contributed by atoms with Crippen LogP contribution in [0, 0.1) is 11.3 Å². The summed E-state index contributed by atoms with van der Waals surface area (Å²) in [7, 11) is 0. The summed E-state index contributed by atoms with van der Waals surface area (Å²) < 4.78 is 0. The standard InChI is InChI=1S/C6H8ClN/c1-6(2-4-7)3-5-8/h2H,3-4H2,1H3. The lowest BCUT2D eigenvalue weighted by molar-refractivity contribution is 1.20. The van der Waals surface area contributed by atoms with Crippen molar-refractivity contribution in [2.75, 3.05) is 5.88 Å². The Hall–Kier alpha value is -0.480. The van der Waals surface area contributed by atoms with Crippen LogP contribution in [-0.4, -0.2) is 5.88 Å². The van der Waals surface area contributed by atoms with Crippen LogP contribution in [0.1, 0.15) is 13.3 Å². The van der Waals surface area contributed by atoms with Gasteiger partial charge >= 0.3 is 0 Å². The first-order valence-electron chi connectivity index (χ1n) is 2.39. The third-order valence-electron chi connectivity index (χ3n) is 0.784. The van der Waals surface area contributed by atoms with E-state index < -0.39 is 0 Å². The summed E-state index contributed by atoms with van der Waals surface area (Å²) >= 11 is 5.35. The third kappa shape index (κ3) is 3.70. The highest BCUT2D eigenvalue weighted by Gasteiger charge is 1.82. The molecule has 8 heavy (non-hydrogen) atoms. The van der Waals surface area contributed by atoms with E-state index in [1.165, 1.54) is 0 Å². The molecule has 0 rings (SSSR count). The van der Waals surface area contributed by atoms with Crippen LogP contribution in [0.5, 0.6) is 0 Å². The van der Waals surface area contributed by atoms with Gasteiger partial charge in [-0.3, -0.25) is 0 Å². The van der Waals surface area contributed by atoms with Crippen molar-refractivity contribution in [1.82, 2.24) is 0 Å². The normalized spacial score (nSPS) is 10.9. The van der Waals surface area contributed by atoms with Gasteiger partial charge in [0.05, 0.1) is 12.5 Å². The molecule has 0 aromatic carbocycles. The van der Waals surface area contributed by atoms with Gasteiger partial charge < -0.3 is 0 Å². The SMILES string of the molecule is CC(=CCCl)CC#N. The van der Waals surface area contributed by atoms with Crippen molar-refractivity contribution >= 4 is 11.6 Å². The second kappa shape index (κ2) is 4.67. The first kappa shape index (κ1) is 7.52. The Balaban J connectivity index is 3.49. The van der Waals surface area contributed by atoms with Crippen molar-refractivity contribution in [3.05, 3.63) is 11.6 Å². The highest BCUT2D eigenvalue weighted by atomic mass is 35.5. The Morgan fingerprint density at radius 1 is 1.88 bits per heavy atom. The number of nitrogens with zero attached hydrogens (tertiary/aromatic N) is 1. The first-order chi connectivity index (χ1) is 3.81. The molecule has 0 unspecified atom stereocenters. The largest absolute Gasteiger partial charge is 0.198 e. The molecule has 0 aliphatic heterocycles. The predicted octanol–water partition coefficient (Wildman–Crippen LogP) is 2.09. The molecule has 0 heterocycles. The summed E-state index contributed by atoms with van der Waals surface area (Å²) in [6.45, 7) is 1.89. The molecule has 44 valence electrons. The highest BCUT2D eigenvalue weighted by Crippen LogP contribution is 1.97. The predicted molar refractivity (Wildman–Crippen MR) is 34.7 cm³/mol. The molecule has 1 nitrogen and oxygen atoms in total. The van der Waals surface area contributed by atoms with E-state index >= 15 is 0 Å². The average Bonchev–Trinajstić information content (AvgIpc) is 1.68. The molecular formula is C6H8ClN. The molecule has 0 saturated heterocycles. The fraction of sp³-hybridized carbons (Fsp3) is 0.500. The van der Waals surface area contributed by atoms with Crippen molar-refractivity contribution in [2.45, 2.75) is 13.3 Å².